The third-order valence-electron chi connectivity index (χ3n) is 5.39. The number of nitriles is 1. The molecule has 0 fully saturated rings. The largest absolute Gasteiger partial charge is 0.492 e. The van der Waals surface area contributed by atoms with Gasteiger partial charge in [0.25, 0.3) is 5.56 Å². The number of azo groups is 1. The van der Waals surface area contributed by atoms with E-state index in [2.05, 4.69) is 15.7 Å². The molecule has 0 bridgehead atoms. The summed E-state index contributed by atoms with van der Waals surface area (Å²) in [4.78, 5) is 39.0. The minimum absolute atomic E-state index is 0.103. The summed E-state index contributed by atoms with van der Waals surface area (Å²) in [5.41, 5.74) is 2.94. The molecule has 1 aliphatic rings. The Morgan fingerprint density at radius 3 is 2.33 bits per heavy atom. The number of nitrogens with one attached hydrogen (secondary N) is 1. The quantitative estimate of drug-likeness (QED) is 0.451. The first kappa shape index (κ1) is 21.6. The van der Waals surface area contributed by atoms with Crippen LogP contribution in [0, 0.1) is 18.3 Å². The lowest BCUT2D eigenvalue weighted by Gasteiger charge is -2.18. The van der Waals surface area contributed by atoms with E-state index in [9.17, 15) is 24.8 Å². The summed E-state index contributed by atoms with van der Waals surface area (Å²) >= 11 is 0. The highest BCUT2D eigenvalue weighted by Gasteiger charge is 2.31. The van der Waals surface area contributed by atoms with Gasteiger partial charge in [0, 0.05) is 28.8 Å². The van der Waals surface area contributed by atoms with Gasteiger partial charge in [-0.3, -0.25) is 14.4 Å². The smallest absolute Gasteiger partial charge is 0.300 e. The molecule has 1 aliphatic carbocycles. The minimum Gasteiger partial charge on any atom is -0.492 e. The monoisotopic (exact) mass is 441 g/mol. The van der Waals surface area contributed by atoms with Crippen LogP contribution in [0.15, 0.2) is 57.5 Å². The van der Waals surface area contributed by atoms with Crippen molar-refractivity contribution >= 4 is 22.9 Å². The summed E-state index contributed by atoms with van der Waals surface area (Å²) in [5.74, 6) is -1.17. The summed E-state index contributed by atoms with van der Waals surface area (Å²) in [6, 6.07) is 13.1. The minimum atomic E-state index is -0.696. The molecule has 0 radical (unpaired) electrons. The molecule has 2 N–H and O–H groups in total. The van der Waals surface area contributed by atoms with Crippen LogP contribution in [0.2, 0.25) is 0 Å². The number of aromatic nitrogens is 1. The predicted octanol–water partition coefficient (Wildman–Crippen LogP) is 3.88. The van der Waals surface area contributed by atoms with Crippen LogP contribution in [0.1, 0.15) is 56.3 Å². The number of carbonyl (C=O) groups excluding carboxylic acids is 2. The number of aromatic hydroxyl groups is 1. The molecule has 0 amide bonds. The maximum absolute atomic E-state index is 13.1. The van der Waals surface area contributed by atoms with Crippen LogP contribution >= 0.6 is 0 Å². The van der Waals surface area contributed by atoms with E-state index in [1.54, 1.807) is 36.4 Å². The van der Waals surface area contributed by atoms with Crippen molar-refractivity contribution in [1.82, 2.24) is 4.68 Å². The van der Waals surface area contributed by atoms with Gasteiger partial charge in [-0.1, -0.05) is 43.3 Å². The number of pyridine rings is 1. The third kappa shape index (κ3) is 3.47. The highest BCUT2D eigenvalue weighted by Crippen LogP contribution is 2.34. The molecule has 9 heteroatoms. The van der Waals surface area contributed by atoms with E-state index in [1.165, 1.54) is 13.0 Å². The third-order valence-corrected chi connectivity index (χ3v) is 5.39. The maximum atomic E-state index is 13.1. The standard InChI is InChI=1S/C24H19N5O4/c1-3-11-26-29-23(32)17(12-25)13(2)20(24(29)33)28-27-18-10-6-9-16-19(18)22(31)15-8-5-4-7-14(15)21(16)30/h4-10,26,32H,3,11H2,1-2H3. The lowest BCUT2D eigenvalue weighted by atomic mass is 9.83. The van der Waals surface area contributed by atoms with Crippen molar-refractivity contribution in [2.75, 3.05) is 12.0 Å². The number of ketones is 2. The molecular formula is C24H19N5O4. The Morgan fingerprint density at radius 2 is 1.67 bits per heavy atom. The van der Waals surface area contributed by atoms with Crippen LogP contribution in [0.3, 0.4) is 0 Å². The summed E-state index contributed by atoms with van der Waals surface area (Å²) in [7, 11) is 0. The Kier molecular flexibility index (Phi) is 5.58. The number of nitrogens with zero attached hydrogens (tertiary/aromatic N) is 4. The Hall–Kier alpha value is -4.58. The number of rotatable bonds is 5. The normalized spacial score (nSPS) is 12.4. The van der Waals surface area contributed by atoms with Crippen LogP contribution < -0.4 is 11.0 Å². The number of hydrogen-bond acceptors (Lipinski definition) is 8. The van der Waals surface area contributed by atoms with Crippen LogP contribution in [0.5, 0.6) is 5.88 Å². The van der Waals surface area contributed by atoms with Gasteiger partial charge in [0.2, 0.25) is 5.88 Å². The number of hydrogen-bond donors (Lipinski definition) is 2. The molecule has 4 rings (SSSR count). The Morgan fingerprint density at radius 1 is 1.00 bits per heavy atom. The molecule has 0 aliphatic heterocycles. The molecule has 1 aromatic heterocycles. The zero-order chi connectivity index (χ0) is 23.7. The Labute approximate surface area is 188 Å². The zero-order valence-corrected chi connectivity index (χ0v) is 17.9. The molecule has 0 saturated heterocycles. The van der Waals surface area contributed by atoms with E-state index >= 15 is 0 Å². The van der Waals surface area contributed by atoms with E-state index in [4.69, 9.17) is 0 Å². The van der Waals surface area contributed by atoms with Gasteiger partial charge in [0.1, 0.15) is 11.6 Å². The van der Waals surface area contributed by atoms with Crippen molar-refractivity contribution in [3.63, 3.8) is 0 Å². The van der Waals surface area contributed by atoms with Gasteiger partial charge in [-0.2, -0.15) is 9.94 Å². The molecule has 3 aromatic rings. The number of fused-ring (bicyclic) bond motifs is 2. The molecule has 33 heavy (non-hydrogen) atoms. The second-order valence-corrected chi connectivity index (χ2v) is 7.44. The number of carbonyl (C=O) groups is 2. The molecule has 164 valence electrons. The second-order valence-electron chi connectivity index (χ2n) is 7.44. The summed E-state index contributed by atoms with van der Waals surface area (Å²) < 4.78 is 0.856. The maximum Gasteiger partial charge on any atom is 0.300 e. The lowest BCUT2D eigenvalue weighted by Crippen LogP contribution is -2.30. The van der Waals surface area contributed by atoms with Crippen molar-refractivity contribution < 1.29 is 14.7 Å². The molecule has 1 heterocycles. The topological polar surface area (TPSA) is 137 Å². The van der Waals surface area contributed by atoms with Crippen molar-refractivity contribution in [3.05, 3.63) is 86.2 Å². The first-order valence-corrected chi connectivity index (χ1v) is 10.3. The fraction of sp³-hybridized carbons (Fsp3) is 0.167. The molecule has 0 atom stereocenters. The van der Waals surface area contributed by atoms with Gasteiger partial charge in [-0.15, -0.1) is 10.2 Å². The van der Waals surface area contributed by atoms with Gasteiger partial charge in [0.05, 0.1) is 11.3 Å². The lowest BCUT2D eigenvalue weighted by molar-refractivity contribution is 0.0979. The van der Waals surface area contributed by atoms with E-state index in [0.29, 0.717) is 18.5 Å². The first-order chi connectivity index (χ1) is 15.9. The fourth-order valence-electron chi connectivity index (χ4n) is 3.70. The van der Waals surface area contributed by atoms with Gasteiger partial charge < -0.3 is 10.5 Å². The molecular weight excluding hydrogens is 422 g/mol. The highest BCUT2D eigenvalue weighted by atomic mass is 16.3. The molecule has 9 nitrogen and oxygen atoms in total. The summed E-state index contributed by atoms with van der Waals surface area (Å²) in [6.07, 6.45) is 0.673. The average molecular weight is 441 g/mol. The number of benzene rings is 2. The van der Waals surface area contributed by atoms with Gasteiger partial charge in [0.15, 0.2) is 17.3 Å². The second kappa shape index (κ2) is 8.51. The highest BCUT2D eigenvalue weighted by molar-refractivity contribution is 6.29. The van der Waals surface area contributed by atoms with E-state index in [-0.39, 0.29) is 50.8 Å². The van der Waals surface area contributed by atoms with E-state index in [0.717, 1.165) is 4.68 Å². The SMILES string of the molecule is CCCNn1c(O)c(C#N)c(C)c(N=Nc2cccc3c2C(=O)c2ccccc2C3=O)c1=O. The molecule has 0 saturated carbocycles. The van der Waals surface area contributed by atoms with Crippen LogP contribution in [0.25, 0.3) is 0 Å². The van der Waals surface area contributed by atoms with Gasteiger partial charge >= 0.3 is 0 Å². The predicted molar refractivity (Wildman–Crippen MR) is 120 cm³/mol. The van der Waals surface area contributed by atoms with E-state index in [1.807, 2.05) is 13.0 Å². The average Bonchev–Trinajstić information content (AvgIpc) is 2.82. The van der Waals surface area contributed by atoms with Gasteiger partial charge in [-0.05, 0) is 19.4 Å². The van der Waals surface area contributed by atoms with Crippen molar-refractivity contribution in [3.8, 4) is 11.9 Å². The van der Waals surface area contributed by atoms with Crippen LogP contribution in [0.4, 0.5) is 11.4 Å². The molecule has 0 spiro atoms. The van der Waals surface area contributed by atoms with Crippen molar-refractivity contribution in [2.24, 2.45) is 10.2 Å². The zero-order valence-electron chi connectivity index (χ0n) is 17.9. The van der Waals surface area contributed by atoms with E-state index < -0.39 is 11.4 Å². The summed E-state index contributed by atoms with van der Waals surface area (Å²) in [5, 5.41) is 27.9. The van der Waals surface area contributed by atoms with Crippen LogP contribution in [-0.2, 0) is 0 Å². The Balaban J connectivity index is 1.86. The van der Waals surface area contributed by atoms with Crippen molar-refractivity contribution in [2.45, 2.75) is 20.3 Å². The molecule has 0 unspecified atom stereocenters. The van der Waals surface area contributed by atoms with Crippen molar-refractivity contribution in [1.29, 1.82) is 5.26 Å². The first-order valence-electron chi connectivity index (χ1n) is 10.3. The molecule has 2 aromatic carbocycles. The Bertz CT molecular complexity index is 1450. The fourth-order valence-corrected chi connectivity index (χ4v) is 3.70. The van der Waals surface area contributed by atoms with Crippen LogP contribution in [-0.4, -0.2) is 27.9 Å². The summed E-state index contributed by atoms with van der Waals surface area (Å²) in [6.45, 7) is 3.73. The van der Waals surface area contributed by atoms with Gasteiger partial charge in [-0.25, -0.2) is 0 Å².